The van der Waals surface area contributed by atoms with Gasteiger partial charge in [-0.3, -0.25) is 4.79 Å². The van der Waals surface area contributed by atoms with Crippen LogP contribution in [0.3, 0.4) is 0 Å². The van der Waals surface area contributed by atoms with E-state index in [0.29, 0.717) is 5.25 Å². The van der Waals surface area contributed by atoms with Gasteiger partial charge in [-0.1, -0.05) is 34.6 Å². The van der Waals surface area contributed by atoms with Gasteiger partial charge < -0.3 is 10.8 Å². The van der Waals surface area contributed by atoms with E-state index in [9.17, 15) is 9.90 Å². The lowest BCUT2D eigenvalue weighted by molar-refractivity contribution is -0.119. The van der Waals surface area contributed by atoms with Crippen LogP contribution in [0.15, 0.2) is 16.8 Å². The molecule has 0 aliphatic heterocycles. The molecule has 3 N–H and O–H groups in total. The summed E-state index contributed by atoms with van der Waals surface area (Å²) in [7, 11) is 0. The summed E-state index contributed by atoms with van der Waals surface area (Å²) in [6, 6.07) is 0. The number of aliphatic hydroxyl groups excluding tert-OH is 1. The Hall–Kier alpha value is -0.970. The Morgan fingerprint density at radius 2 is 1.74 bits per heavy atom. The highest BCUT2D eigenvalue weighted by Crippen LogP contribution is 2.29. The van der Waals surface area contributed by atoms with Crippen LogP contribution in [-0.2, 0) is 4.79 Å². The van der Waals surface area contributed by atoms with Crippen molar-refractivity contribution in [2.24, 2.45) is 16.1 Å². The second-order valence-corrected chi connectivity index (χ2v) is 8.50. The van der Waals surface area contributed by atoms with Crippen LogP contribution in [0.25, 0.3) is 0 Å². The molecule has 0 aromatic carbocycles. The standard InChI is InChI=1S/C14H26N2O2S/c1-9(2)19-14(6,7)12(18)16-11(15)8-10(17)13(3,4)5/h8-9,17H,1-7H3,(H2,15,16,18)/b10-8-. The van der Waals surface area contributed by atoms with Crippen LogP contribution in [0, 0.1) is 5.41 Å². The first-order valence-corrected chi connectivity index (χ1v) is 7.22. The Labute approximate surface area is 120 Å². The van der Waals surface area contributed by atoms with E-state index in [1.807, 2.05) is 48.5 Å². The number of allylic oxidation sites excluding steroid dienone is 1. The zero-order valence-corrected chi connectivity index (χ0v) is 13.8. The fourth-order valence-electron chi connectivity index (χ4n) is 1.28. The van der Waals surface area contributed by atoms with E-state index in [0.717, 1.165) is 0 Å². The summed E-state index contributed by atoms with van der Waals surface area (Å²) in [5.41, 5.74) is 5.27. The first-order chi connectivity index (χ1) is 8.36. The van der Waals surface area contributed by atoms with Crippen LogP contribution in [0.1, 0.15) is 48.5 Å². The van der Waals surface area contributed by atoms with E-state index in [-0.39, 0.29) is 17.5 Å². The maximum absolute atomic E-state index is 12.0. The third-order valence-corrected chi connectivity index (χ3v) is 3.56. The molecular weight excluding hydrogens is 260 g/mol. The molecule has 0 aromatic rings. The molecule has 0 radical (unpaired) electrons. The number of carbonyl (C=O) groups excluding carboxylic acids is 1. The number of aliphatic imine (C=N–C) groups is 1. The summed E-state index contributed by atoms with van der Waals surface area (Å²) < 4.78 is -0.621. The molecule has 0 rings (SSSR count). The van der Waals surface area contributed by atoms with Crippen LogP contribution in [-0.4, -0.2) is 26.8 Å². The molecule has 0 bridgehead atoms. The fraction of sp³-hybridized carbons (Fsp3) is 0.714. The molecule has 5 heteroatoms. The monoisotopic (exact) mass is 286 g/mol. The minimum Gasteiger partial charge on any atom is -0.512 e. The normalized spacial score (nSPS) is 14.9. The van der Waals surface area contributed by atoms with E-state index in [4.69, 9.17) is 5.73 Å². The van der Waals surface area contributed by atoms with Gasteiger partial charge in [0.2, 0.25) is 0 Å². The number of aliphatic hydroxyl groups is 1. The Morgan fingerprint density at radius 3 is 2.11 bits per heavy atom. The molecule has 0 aliphatic carbocycles. The van der Waals surface area contributed by atoms with Gasteiger partial charge in [0, 0.05) is 16.7 Å². The lowest BCUT2D eigenvalue weighted by Crippen LogP contribution is -2.30. The molecule has 0 fully saturated rings. The number of rotatable bonds is 4. The Kier molecular flexibility index (Phi) is 6.13. The van der Waals surface area contributed by atoms with Gasteiger partial charge in [0.1, 0.15) is 11.6 Å². The van der Waals surface area contributed by atoms with Gasteiger partial charge in [0.05, 0.1) is 4.75 Å². The smallest absolute Gasteiger partial charge is 0.263 e. The van der Waals surface area contributed by atoms with E-state index in [2.05, 4.69) is 4.99 Å². The fourth-order valence-corrected chi connectivity index (χ4v) is 2.61. The lowest BCUT2D eigenvalue weighted by atomic mass is 9.93. The highest BCUT2D eigenvalue weighted by molar-refractivity contribution is 8.01. The van der Waals surface area contributed by atoms with Crippen molar-refractivity contribution in [1.82, 2.24) is 0 Å². The number of thioether (sulfide) groups is 1. The predicted octanol–water partition coefficient (Wildman–Crippen LogP) is 3.28. The van der Waals surface area contributed by atoms with Crippen molar-refractivity contribution < 1.29 is 9.90 Å². The van der Waals surface area contributed by atoms with Gasteiger partial charge in [-0.2, -0.15) is 4.99 Å². The van der Waals surface area contributed by atoms with Crippen LogP contribution < -0.4 is 5.73 Å². The second kappa shape index (κ2) is 6.46. The Balaban J connectivity index is 5.01. The van der Waals surface area contributed by atoms with Crippen molar-refractivity contribution in [1.29, 1.82) is 0 Å². The van der Waals surface area contributed by atoms with Crippen molar-refractivity contribution >= 4 is 23.5 Å². The highest BCUT2D eigenvalue weighted by atomic mass is 32.2. The zero-order chi connectivity index (χ0) is 15.4. The number of hydrogen-bond donors (Lipinski definition) is 2. The number of carbonyl (C=O) groups is 1. The molecular formula is C14H26N2O2S. The minimum atomic E-state index is -0.621. The maximum atomic E-state index is 12.0. The predicted molar refractivity (Wildman–Crippen MR) is 83.6 cm³/mol. The van der Waals surface area contributed by atoms with Gasteiger partial charge in [-0.15, -0.1) is 11.8 Å². The maximum Gasteiger partial charge on any atom is 0.263 e. The van der Waals surface area contributed by atoms with Gasteiger partial charge in [-0.25, -0.2) is 0 Å². The van der Waals surface area contributed by atoms with Crippen LogP contribution >= 0.6 is 11.8 Å². The molecule has 0 aliphatic rings. The molecule has 0 atom stereocenters. The van der Waals surface area contributed by atoms with E-state index >= 15 is 0 Å². The summed E-state index contributed by atoms with van der Waals surface area (Å²) in [5, 5.41) is 10.1. The largest absolute Gasteiger partial charge is 0.512 e. The number of nitrogens with zero attached hydrogens (tertiary/aromatic N) is 1. The van der Waals surface area contributed by atoms with Gasteiger partial charge in [-0.05, 0) is 13.8 Å². The van der Waals surface area contributed by atoms with Crippen molar-refractivity contribution in [3.8, 4) is 0 Å². The summed E-state index contributed by atoms with van der Waals surface area (Å²) in [6.45, 7) is 13.3. The average molecular weight is 286 g/mol. The number of amides is 1. The summed E-state index contributed by atoms with van der Waals surface area (Å²) in [6.07, 6.45) is 1.34. The molecule has 1 amide bonds. The Morgan fingerprint density at radius 1 is 1.26 bits per heavy atom. The molecule has 0 saturated heterocycles. The van der Waals surface area contributed by atoms with E-state index in [1.54, 1.807) is 0 Å². The van der Waals surface area contributed by atoms with Gasteiger partial charge >= 0.3 is 0 Å². The SMILES string of the molecule is CC(C)SC(C)(C)C(=O)N=C(N)/C=C(\O)C(C)(C)C. The number of nitrogens with two attached hydrogens (primary N) is 1. The molecule has 0 spiro atoms. The van der Waals surface area contributed by atoms with Crippen molar-refractivity contribution in [3.05, 3.63) is 11.8 Å². The molecule has 0 saturated carbocycles. The van der Waals surface area contributed by atoms with Crippen LogP contribution in [0.5, 0.6) is 0 Å². The number of amidine groups is 1. The van der Waals surface area contributed by atoms with Crippen molar-refractivity contribution in [2.75, 3.05) is 0 Å². The molecule has 110 valence electrons. The third kappa shape index (κ3) is 6.66. The second-order valence-electron chi connectivity index (χ2n) is 6.30. The van der Waals surface area contributed by atoms with Crippen LogP contribution in [0.4, 0.5) is 0 Å². The summed E-state index contributed by atoms with van der Waals surface area (Å²) >= 11 is 1.54. The molecule has 0 aromatic heterocycles. The van der Waals surface area contributed by atoms with Crippen molar-refractivity contribution in [3.63, 3.8) is 0 Å². The quantitative estimate of drug-likeness (QED) is 0.472. The topological polar surface area (TPSA) is 75.7 Å². The minimum absolute atomic E-state index is 0.0369. The first kappa shape index (κ1) is 18.0. The number of hydrogen-bond acceptors (Lipinski definition) is 3. The molecule has 0 heterocycles. The molecule has 4 nitrogen and oxygen atoms in total. The summed E-state index contributed by atoms with van der Waals surface area (Å²) in [5.74, 6) is -0.146. The van der Waals surface area contributed by atoms with E-state index < -0.39 is 10.2 Å². The van der Waals surface area contributed by atoms with Crippen molar-refractivity contribution in [2.45, 2.75) is 58.5 Å². The lowest BCUT2D eigenvalue weighted by Gasteiger charge is -2.22. The van der Waals surface area contributed by atoms with Gasteiger partial charge in [0.25, 0.3) is 5.91 Å². The molecule has 19 heavy (non-hydrogen) atoms. The zero-order valence-electron chi connectivity index (χ0n) is 12.9. The molecule has 0 unspecified atom stereocenters. The average Bonchev–Trinajstić information content (AvgIpc) is 2.13. The Bertz CT molecular complexity index is 391. The third-order valence-electron chi connectivity index (χ3n) is 2.33. The van der Waals surface area contributed by atoms with Crippen LogP contribution in [0.2, 0.25) is 0 Å². The van der Waals surface area contributed by atoms with Gasteiger partial charge in [0.15, 0.2) is 0 Å². The first-order valence-electron chi connectivity index (χ1n) is 6.34. The summed E-state index contributed by atoms with van der Waals surface area (Å²) in [4.78, 5) is 15.9. The van der Waals surface area contributed by atoms with E-state index in [1.165, 1.54) is 17.8 Å². The highest BCUT2D eigenvalue weighted by Gasteiger charge is 2.29.